The second kappa shape index (κ2) is 21.5. The van der Waals surface area contributed by atoms with Crippen LogP contribution >= 0.6 is 0 Å². The van der Waals surface area contributed by atoms with Gasteiger partial charge in [0.25, 0.3) is 0 Å². The Labute approximate surface area is 126 Å². The van der Waals surface area contributed by atoms with Crippen LogP contribution in [0.15, 0.2) is 24.3 Å². The van der Waals surface area contributed by atoms with Crippen LogP contribution in [0.2, 0.25) is 0 Å². The van der Waals surface area contributed by atoms with Crippen LogP contribution in [0.5, 0.6) is 0 Å². The van der Waals surface area contributed by atoms with Crippen molar-refractivity contribution in [3.63, 3.8) is 0 Å². The van der Waals surface area contributed by atoms with Gasteiger partial charge >= 0.3 is 0 Å². The molecule has 17 heavy (non-hydrogen) atoms. The third kappa shape index (κ3) is 22.0. The number of rotatable bonds is 4. The number of allylic oxidation sites excluding steroid dienone is 4. The molecule has 1 aliphatic carbocycles. The van der Waals surface area contributed by atoms with Crippen LogP contribution in [0.25, 0.3) is 10.6 Å². The first-order valence-electron chi connectivity index (χ1n) is 5.78. The number of hydrogen-bond donors (Lipinski definition) is 1. The molecular weight excluding hydrogens is 377 g/mol. The van der Waals surface area contributed by atoms with E-state index < -0.39 is 0 Å². The van der Waals surface area contributed by atoms with Crippen LogP contribution in [0, 0.1) is 5.92 Å². The van der Waals surface area contributed by atoms with Gasteiger partial charge in [0.15, 0.2) is 0 Å². The minimum atomic E-state index is 0. The van der Waals surface area contributed by atoms with E-state index in [-0.39, 0.29) is 25.8 Å². The van der Waals surface area contributed by atoms with Gasteiger partial charge in [0.05, 0.1) is 0 Å². The number of hydrogen-bond acceptors (Lipinski definition) is 1. The summed E-state index contributed by atoms with van der Waals surface area (Å²) in [6, 6.07) is 0. The van der Waals surface area contributed by atoms with E-state index in [1.807, 2.05) is 0 Å². The van der Waals surface area contributed by atoms with E-state index in [2.05, 4.69) is 47.2 Å². The molecule has 0 aliphatic heterocycles. The third-order valence-corrected chi connectivity index (χ3v) is 1.73. The van der Waals surface area contributed by atoms with Gasteiger partial charge in [-0.25, -0.2) is 0 Å². The van der Waals surface area contributed by atoms with Gasteiger partial charge in [0.2, 0.25) is 0 Å². The zero-order valence-electron chi connectivity index (χ0n) is 11.9. The molecule has 1 rings (SSSR count). The Morgan fingerprint density at radius 3 is 1.76 bits per heavy atom. The molecule has 0 unspecified atom stereocenters. The molecule has 0 atom stereocenters. The number of nitrogens with zero attached hydrogens (tertiary/aromatic N) is 2. The predicted molar refractivity (Wildman–Crippen MR) is 75.3 cm³/mol. The third-order valence-electron chi connectivity index (χ3n) is 1.73. The second-order valence-corrected chi connectivity index (χ2v) is 3.47. The van der Waals surface area contributed by atoms with Crippen molar-refractivity contribution in [3.8, 4) is 0 Å². The minimum absolute atomic E-state index is 0. The normalized spacial score (nSPS) is 12.1. The van der Waals surface area contributed by atoms with Crippen LogP contribution in [-0.2, 0) is 25.8 Å². The van der Waals surface area contributed by atoms with Gasteiger partial charge in [-0.05, 0) is 25.4 Å². The molecule has 0 fully saturated rings. The summed E-state index contributed by atoms with van der Waals surface area (Å²) >= 11 is 0. The maximum absolute atomic E-state index is 3.50. The van der Waals surface area contributed by atoms with Gasteiger partial charge < -0.3 is 16.0 Å². The summed E-state index contributed by atoms with van der Waals surface area (Å²) in [5, 5.41) is 10.3. The average molecular weight is 404 g/mol. The Balaban J connectivity index is -0.000000240. The van der Waals surface area contributed by atoms with Crippen LogP contribution < -0.4 is 5.32 Å². The topological polar surface area (TPSA) is 40.2 Å². The van der Waals surface area contributed by atoms with Crippen molar-refractivity contribution in [1.82, 2.24) is 5.32 Å². The summed E-state index contributed by atoms with van der Waals surface area (Å²) < 4.78 is 0. The Bertz CT molecular complexity index is 156. The fourth-order valence-corrected chi connectivity index (χ4v) is 1.12. The summed E-state index contributed by atoms with van der Waals surface area (Å²) in [6.45, 7) is 4.36. The van der Waals surface area contributed by atoms with Gasteiger partial charge in [-0.15, -0.1) is 0 Å². The fourth-order valence-electron chi connectivity index (χ4n) is 1.12. The van der Waals surface area contributed by atoms with E-state index in [4.69, 9.17) is 0 Å². The molecule has 0 aromatic rings. The van der Waals surface area contributed by atoms with Crippen LogP contribution in [0.1, 0.15) is 13.3 Å². The smallest absolute Gasteiger partial charge is 0 e. The van der Waals surface area contributed by atoms with E-state index in [0.717, 1.165) is 13.1 Å². The maximum Gasteiger partial charge on any atom is 0 e. The monoisotopic (exact) mass is 405 g/mol. The zero-order valence-corrected chi connectivity index (χ0v) is 15.5. The molecule has 0 heterocycles. The molecule has 0 saturated carbocycles. The molecule has 100 valence electrons. The maximum atomic E-state index is 3.50. The van der Waals surface area contributed by atoms with Gasteiger partial charge in [-0.3, -0.25) is 0 Å². The summed E-state index contributed by atoms with van der Waals surface area (Å²) in [5.41, 5.74) is 0. The molecule has 0 radical (unpaired) electrons. The summed E-state index contributed by atoms with van der Waals surface area (Å²) in [7, 11) is 7.00. The van der Waals surface area contributed by atoms with Gasteiger partial charge in [-0.2, -0.15) is 28.2 Å². The predicted octanol–water partition coefficient (Wildman–Crippen LogP) is 2.97. The Morgan fingerprint density at radius 1 is 1.00 bits per heavy atom. The standard InChI is InChI=1S/C9H15N.2C2H6N.Hf/c1-2-10-8-7-9-5-3-4-6-9;2*1-3-2;/h3-6,9-10H,2,7-8H2,1H3;2*1-2H3;/q;2*-1;. The van der Waals surface area contributed by atoms with Crippen LogP contribution in [0.3, 0.4) is 0 Å². The van der Waals surface area contributed by atoms with Gasteiger partial charge in [-0.1, -0.05) is 31.2 Å². The van der Waals surface area contributed by atoms with E-state index in [0.29, 0.717) is 5.92 Å². The largest absolute Gasteiger partial charge is 0.668 e. The molecule has 0 spiro atoms. The molecule has 1 aliphatic rings. The van der Waals surface area contributed by atoms with Gasteiger partial charge in [0, 0.05) is 25.8 Å². The molecule has 0 aromatic heterocycles. The van der Waals surface area contributed by atoms with Crippen molar-refractivity contribution in [1.29, 1.82) is 0 Å². The van der Waals surface area contributed by atoms with Crippen molar-refractivity contribution >= 4 is 0 Å². The fraction of sp³-hybridized carbons (Fsp3) is 0.692. The van der Waals surface area contributed by atoms with Crippen molar-refractivity contribution in [2.24, 2.45) is 5.92 Å². The molecule has 0 bridgehead atoms. The average Bonchev–Trinajstić information content (AvgIpc) is 2.73. The SMILES string of the molecule is CCNCCC1C=CC=C1.C[N-]C.C[N-]C.[Hf]. The van der Waals surface area contributed by atoms with Gasteiger partial charge in [0.1, 0.15) is 0 Å². The Kier molecular flexibility index (Phi) is 28.4. The molecule has 1 N–H and O–H groups in total. The van der Waals surface area contributed by atoms with Crippen molar-refractivity contribution in [2.75, 3.05) is 41.3 Å². The van der Waals surface area contributed by atoms with E-state index in [1.165, 1.54) is 6.42 Å². The molecule has 0 saturated heterocycles. The van der Waals surface area contributed by atoms with Crippen molar-refractivity contribution in [2.45, 2.75) is 13.3 Å². The first kappa shape index (κ1) is 22.4. The van der Waals surface area contributed by atoms with E-state index >= 15 is 0 Å². The Hall–Kier alpha value is 0.230. The molecule has 4 heteroatoms. The van der Waals surface area contributed by atoms with E-state index in [9.17, 15) is 0 Å². The zero-order chi connectivity index (χ0) is 12.6. The Morgan fingerprint density at radius 2 is 1.41 bits per heavy atom. The minimum Gasteiger partial charge on any atom is -0.668 e. The van der Waals surface area contributed by atoms with Crippen molar-refractivity contribution < 1.29 is 25.8 Å². The van der Waals surface area contributed by atoms with Crippen molar-refractivity contribution in [3.05, 3.63) is 34.9 Å². The second-order valence-electron chi connectivity index (χ2n) is 3.47. The molecule has 0 amide bonds. The quantitative estimate of drug-likeness (QED) is 0.569. The molecular formula is C13H27HfN3-2. The van der Waals surface area contributed by atoms with E-state index in [1.54, 1.807) is 28.2 Å². The van der Waals surface area contributed by atoms with Crippen LogP contribution in [-0.4, -0.2) is 41.3 Å². The first-order valence-corrected chi connectivity index (χ1v) is 5.78. The molecule has 3 nitrogen and oxygen atoms in total. The number of nitrogens with one attached hydrogen (secondary N) is 1. The first-order chi connectivity index (χ1) is 7.76. The summed E-state index contributed by atoms with van der Waals surface area (Å²) in [6.07, 6.45) is 9.97. The summed E-state index contributed by atoms with van der Waals surface area (Å²) in [4.78, 5) is 0. The van der Waals surface area contributed by atoms with Crippen LogP contribution in [0.4, 0.5) is 0 Å². The summed E-state index contributed by atoms with van der Waals surface area (Å²) in [5.74, 6) is 0.694. The molecule has 0 aromatic carbocycles.